The SMILES string of the molecule is CN1CCS(=O)(=O)N(c2nc(C(=O)NCc3ccc(F)cc3)c(O)c3ncccc23)CC1=O. The van der Waals surface area contributed by atoms with Gasteiger partial charge in [0.1, 0.15) is 17.9 Å². The van der Waals surface area contributed by atoms with Gasteiger partial charge in [0.2, 0.25) is 15.9 Å². The molecule has 0 saturated carbocycles. The maximum absolute atomic E-state index is 13.1. The van der Waals surface area contributed by atoms with Gasteiger partial charge in [-0.25, -0.2) is 22.1 Å². The number of rotatable bonds is 4. The molecule has 0 atom stereocenters. The van der Waals surface area contributed by atoms with E-state index in [2.05, 4.69) is 15.3 Å². The molecule has 3 heterocycles. The van der Waals surface area contributed by atoms with Gasteiger partial charge in [-0.1, -0.05) is 12.1 Å². The number of fused-ring (bicyclic) bond motifs is 1. The molecule has 0 aliphatic carbocycles. The summed E-state index contributed by atoms with van der Waals surface area (Å²) in [7, 11) is -2.45. The van der Waals surface area contributed by atoms with E-state index in [9.17, 15) is 27.5 Å². The van der Waals surface area contributed by atoms with Crippen LogP contribution in [0.5, 0.6) is 5.75 Å². The van der Waals surface area contributed by atoms with E-state index in [1.165, 1.54) is 54.5 Å². The quantitative estimate of drug-likeness (QED) is 0.578. The summed E-state index contributed by atoms with van der Waals surface area (Å²) in [5.41, 5.74) is 0.125. The van der Waals surface area contributed by atoms with Crippen LogP contribution in [-0.2, 0) is 21.4 Å². The average molecular weight is 473 g/mol. The first-order valence-electron chi connectivity index (χ1n) is 9.92. The third kappa shape index (κ3) is 4.42. The Bertz CT molecular complexity index is 1350. The minimum absolute atomic E-state index is 0.0109. The lowest BCUT2D eigenvalue weighted by molar-refractivity contribution is -0.127. The highest BCUT2D eigenvalue weighted by molar-refractivity contribution is 7.92. The van der Waals surface area contributed by atoms with Crippen molar-refractivity contribution < 1.29 is 27.5 Å². The number of hydrogen-bond acceptors (Lipinski definition) is 7. The van der Waals surface area contributed by atoms with Crippen LogP contribution in [0.25, 0.3) is 10.9 Å². The van der Waals surface area contributed by atoms with Crippen LogP contribution in [0.1, 0.15) is 16.1 Å². The van der Waals surface area contributed by atoms with Crippen LogP contribution in [0.4, 0.5) is 10.2 Å². The molecule has 2 amide bonds. The highest BCUT2D eigenvalue weighted by atomic mass is 32.2. The van der Waals surface area contributed by atoms with Crippen molar-refractivity contribution in [1.82, 2.24) is 20.2 Å². The number of carbonyl (C=O) groups excluding carboxylic acids is 2. The van der Waals surface area contributed by atoms with Gasteiger partial charge in [0, 0.05) is 31.7 Å². The lowest BCUT2D eigenvalue weighted by Gasteiger charge is -2.22. The molecule has 4 rings (SSSR count). The molecule has 0 unspecified atom stereocenters. The Morgan fingerprint density at radius 1 is 1.24 bits per heavy atom. The second-order valence-corrected chi connectivity index (χ2v) is 9.49. The van der Waals surface area contributed by atoms with E-state index >= 15 is 0 Å². The monoisotopic (exact) mass is 473 g/mol. The van der Waals surface area contributed by atoms with E-state index in [1.807, 2.05) is 0 Å². The predicted octanol–water partition coefficient (Wildman–Crippen LogP) is 1.01. The van der Waals surface area contributed by atoms with Gasteiger partial charge in [0.05, 0.1) is 5.75 Å². The molecule has 1 aliphatic heterocycles. The molecule has 2 aromatic heterocycles. The summed E-state index contributed by atoms with van der Waals surface area (Å²) in [6.07, 6.45) is 1.38. The zero-order valence-corrected chi connectivity index (χ0v) is 18.3. The van der Waals surface area contributed by atoms with Gasteiger partial charge in [-0.05, 0) is 29.8 Å². The van der Waals surface area contributed by atoms with Crippen molar-refractivity contribution in [2.45, 2.75) is 6.54 Å². The number of halogens is 1. The third-order valence-corrected chi connectivity index (χ3v) is 6.93. The molecule has 33 heavy (non-hydrogen) atoms. The van der Waals surface area contributed by atoms with Crippen LogP contribution in [0.3, 0.4) is 0 Å². The van der Waals surface area contributed by atoms with Gasteiger partial charge in [-0.2, -0.15) is 0 Å². The Morgan fingerprint density at radius 3 is 2.70 bits per heavy atom. The fourth-order valence-electron chi connectivity index (χ4n) is 3.36. The lowest BCUT2D eigenvalue weighted by Crippen LogP contribution is -2.37. The summed E-state index contributed by atoms with van der Waals surface area (Å²) in [4.78, 5) is 34.8. The lowest BCUT2D eigenvalue weighted by atomic mass is 10.1. The predicted molar refractivity (Wildman–Crippen MR) is 118 cm³/mol. The maximum atomic E-state index is 13.1. The molecule has 1 saturated heterocycles. The van der Waals surface area contributed by atoms with E-state index in [0.29, 0.717) is 5.56 Å². The fraction of sp³-hybridized carbons (Fsp3) is 0.238. The Hall–Kier alpha value is -3.80. The summed E-state index contributed by atoms with van der Waals surface area (Å²) >= 11 is 0. The van der Waals surface area contributed by atoms with Crippen LogP contribution in [0.15, 0.2) is 42.6 Å². The van der Waals surface area contributed by atoms with Gasteiger partial charge in [0.25, 0.3) is 5.91 Å². The molecule has 0 spiro atoms. The number of carbonyl (C=O) groups is 2. The topological polar surface area (TPSA) is 133 Å². The summed E-state index contributed by atoms with van der Waals surface area (Å²) < 4.78 is 39.8. The highest BCUT2D eigenvalue weighted by Crippen LogP contribution is 2.34. The van der Waals surface area contributed by atoms with Crippen LogP contribution in [0.2, 0.25) is 0 Å². The Morgan fingerprint density at radius 2 is 1.97 bits per heavy atom. The Labute approximate surface area is 188 Å². The van der Waals surface area contributed by atoms with E-state index in [1.54, 1.807) is 0 Å². The molecule has 1 fully saturated rings. The number of aromatic nitrogens is 2. The van der Waals surface area contributed by atoms with E-state index < -0.39 is 45.6 Å². The molecule has 1 aromatic carbocycles. The van der Waals surface area contributed by atoms with Crippen LogP contribution >= 0.6 is 0 Å². The highest BCUT2D eigenvalue weighted by Gasteiger charge is 2.34. The number of benzene rings is 1. The standard InChI is InChI=1S/C21H20FN5O5S/c1-26-9-10-33(31,32)27(12-16(26)28)20-15-3-2-8-23-17(15)19(29)18(25-20)21(30)24-11-13-4-6-14(22)7-5-13/h2-8,29H,9-12H2,1H3,(H,24,30). The molecule has 1 aliphatic rings. The number of likely N-dealkylation sites (N-methyl/N-ethyl adjacent to an activating group) is 1. The zero-order chi connectivity index (χ0) is 23.8. The minimum atomic E-state index is -3.95. The summed E-state index contributed by atoms with van der Waals surface area (Å²) in [6, 6.07) is 8.49. The number of sulfonamides is 1. The smallest absolute Gasteiger partial charge is 0.274 e. The van der Waals surface area contributed by atoms with Gasteiger partial charge >= 0.3 is 0 Å². The van der Waals surface area contributed by atoms with E-state index in [0.717, 1.165) is 4.31 Å². The first kappa shape index (κ1) is 22.4. The van der Waals surface area contributed by atoms with Gasteiger partial charge < -0.3 is 15.3 Å². The van der Waals surface area contributed by atoms with Gasteiger partial charge in [-0.15, -0.1) is 0 Å². The number of aromatic hydroxyl groups is 1. The minimum Gasteiger partial charge on any atom is -0.504 e. The number of nitrogens with one attached hydrogen (secondary N) is 1. The number of pyridine rings is 2. The average Bonchev–Trinajstić information content (AvgIpc) is 2.90. The normalized spacial score (nSPS) is 16.0. The Kier molecular flexibility index (Phi) is 5.85. The second-order valence-electron chi connectivity index (χ2n) is 7.48. The van der Waals surface area contributed by atoms with Crippen molar-refractivity contribution in [3.05, 3.63) is 59.7 Å². The van der Waals surface area contributed by atoms with Crippen LogP contribution in [-0.4, -0.2) is 66.1 Å². The molecule has 0 radical (unpaired) electrons. The maximum Gasteiger partial charge on any atom is 0.274 e. The van der Waals surface area contributed by atoms with Gasteiger partial charge in [0.15, 0.2) is 17.3 Å². The second kappa shape index (κ2) is 8.62. The molecule has 3 aromatic rings. The van der Waals surface area contributed by atoms with Crippen molar-refractivity contribution in [2.75, 3.05) is 30.2 Å². The first-order valence-corrected chi connectivity index (χ1v) is 11.5. The number of amides is 2. The largest absolute Gasteiger partial charge is 0.504 e. The molecule has 0 bridgehead atoms. The van der Waals surface area contributed by atoms with Crippen molar-refractivity contribution in [2.24, 2.45) is 0 Å². The van der Waals surface area contributed by atoms with E-state index in [4.69, 9.17) is 0 Å². The van der Waals surface area contributed by atoms with Crippen molar-refractivity contribution in [3.63, 3.8) is 0 Å². The van der Waals surface area contributed by atoms with Gasteiger partial charge in [-0.3, -0.25) is 14.6 Å². The molecule has 10 nitrogen and oxygen atoms in total. The van der Waals surface area contributed by atoms with Crippen LogP contribution in [0, 0.1) is 5.82 Å². The number of hydrogen-bond donors (Lipinski definition) is 2. The summed E-state index contributed by atoms with van der Waals surface area (Å²) in [5.74, 6) is -2.68. The zero-order valence-electron chi connectivity index (χ0n) is 17.5. The summed E-state index contributed by atoms with van der Waals surface area (Å²) in [5, 5.41) is 13.4. The molecule has 12 heteroatoms. The molecular weight excluding hydrogens is 453 g/mol. The fourth-order valence-corrected chi connectivity index (χ4v) is 4.79. The third-order valence-electron chi connectivity index (χ3n) is 5.26. The summed E-state index contributed by atoms with van der Waals surface area (Å²) in [6.45, 7) is -0.477. The van der Waals surface area contributed by atoms with Crippen molar-refractivity contribution >= 4 is 38.6 Å². The molecular formula is C21H20FN5O5S. The van der Waals surface area contributed by atoms with Crippen molar-refractivity contribution in [3.8, 4) is 5.75 Å². The van der Waals surface area contributed by atoms with Crippen LogP contribution < -0.4 is 9.62 Å². The number of anilines is 1. The molecule has 2 N–H and O–H groups in total. The first-order chi connectivity index (χ1) is 15.7. The van der Waals surface area contributed by atoms with E-state index in [-0.39, 0.29) is 35.6 Å². The Balaban J connectivity index is 1.77. The molecule has 172 valence electrons. The number of nitrogens with zero attached hydrogens (tertiary/aromatic N) is 4. The van der Waals surface area contributed by atoms with Crippen molar-refractivity contribution in [1.29, 1.82) is 0 Å².